The molecule has 0 unspecified atom stereocenters. The Bertz CT molecular complexity index is 1870. The van der Waals surface area contributed by atoms with Crippen molar-refractivity contribution in [2.75, 3.05) is 34.3 Å². The summed E-state index contributed by atoms with van der Waals surface area (Å²) in [6.07, 6.45) is 2.33. The molecule has 1 aliphatic rings. The largest absolute Gasteiger partial charge is 0.439 e. The lowest BCUT2D eigenvalue weighted by Crippen LogP contribution is -2.49. The highest BCUT2D eigenvalue weighted by atomic mass is 32.2. The Morgan fingerprint density at radius 1 is 1.00 bits per heavy atom. The van der Waals surface area contributed by atoms with Crippen molar-refractivity contribution in [1.29, 1.82) is 0 Å². The predicted molar refractivity (Wildman–Crippen MR) is 175 cm³/mol. The maximum Gasteiger partial charge on any atom is 0.326 e. The Hall–Kier alpha value is -5.08. The average molecular weight is 665 g/mol. The topological polar surface area (TPSA) is 147 Å². The van der Waals surface area contributed by atoms with E-state index >= 15 is 0 Å². The van der Waals surface area contributed by atoms with E-state index in [4.69, 9.17) is 10.5 Å². The van der Waals surface area contributed by atoms with E-state index in [1.165, 1.54) is 0 Å². The van der Waals surface area contributed by atoms with E-state index in [9.17, 15) is 26.8 Å². The summed E-state index contributed by atoms with van der Waals surface area (Å²) in [5.74, 6) is -2.30. The van der Waals surface area contributed by atoms with Gasteiger partial charge in [-0.2, -0.15) is 0 Å². The molecule has 47 heavy (non-hydrogen) atoms. The van der Waals surface area contributed by atoms with Crippen LogP contribution in [0.5, 0.6) is 11.6 Å². The minimum atomic E-state index is -3.38. The van der Waals surface area contributed by atoms with E-state index in [1.54, 1.807) is 59.5 Å². The van der Waals surface area contributed by atoms with Gasteiger partial charge in [0.2, 0.25) is 15.9 Å². The van der Waals surface area contributed by atoms with Crippen LogP contribution in [-0.4, -0.2) is 55.6 Å². The summed E-state index contributed by atoms with van der Waals surface area (Å²) in [5, 5.41) is 2.50. The van der Waals surface area contributed by atoms with Crippen LogP contribution in [0.15, 0.2) is 78.9 Å². The Labute approximate surface area is 271 Å². The van der Waals surface area contributed by atoms with Gasteiger partial charge in [-0.15, -0.1) is 0 Å². The van der Waals surface area contributed by atoms with Crippen LogP contribution in [0, 0.1) is 18.6 Å². The van der Waals surface area contributed by atoms with E-state index in [0.29, 0.717) is 61.5 Å². The first kappa shape index (κ1) is 33.3. The van der Waals surface area contributed by atoms with Crippen LogP contribution >= 0.6 is 0 Å². The maximum atomic E-state index is 14.6. The summed E-state index contributed by atoms with van der Waals surface area (Å²) < 4.78 is 59.7. The molecule has 0 spiro atoms. The van der Waals surface area contributed by atoms with Crippen LogP contribution in [0.1, 0.15) is 34.5 Å². The molecule has 1 fully saturated rings. The van der Waals surface area contributed by atoms with Gasteiger partial charge in [-0.05, 0) is 67.8 Å². The van der Waals surface area contributed by atoms with Crippen LogP contribution in [0.3, 0.4) is 0 Å². The third kappa shape index (κ3) is 8.60. The summed E-state index contributed by atoms with van der Waals surface area (Å²) >= 11 is 0. The third-order valence-corrected chi connectivity index (χ3v) is 8.29. The minimum Gasteiger partial charge on any atom is -0.439 e. The molecule has 14 heteroatoms. The average Bonchev–Trinajstić information content (AvgIpc) is 3.01. The SMILES string of the molecule is Cc1nc(Oc2ccc(NS(C)(=O)=O)cc2)ccc1CN1CCC(N(C(=O)Nc2cc(C(N)=O)c(F)cc2F)c2ccccc2)CC1. The molecular formula is C33H34F2N6O5S. The van der Waals surface area contributed by atoms with Crippen LogP contribution in [0.2, 0.25) is 0 Å². The number of piperidine rings is 1. The first-order valence-corrected chi connectivity index (χ1v) is 16.6. The molecule has 1 aliphatic heterocycles. The molecule has 11 nitrogen and oxygen atoms in total. The van der Waals surface area contributed by atoms with Gasteiger partial charge in [0, 0.05) is 54.9 Å². The normalized spacial score (nSPS) is 14.0. The Balaban J connectivity index is 1.22. The number of nitrogens with two attached hydrogens (primary N) is 1. The number of anilines is 3. The number of urea groups is 1. The summed E-state index contributed by atoms with van der Waals surface area (Å²) in [4.78, 5) is 33.6. The zero-order valence-corrected chi connectivity index (χ0v) is 26.6. The fourth-order valence-corrected chi connectivity index (χ4v) is 5.95. The van der Waals surface area contributed by atoms with Crippen molar-refractivity contribution < 1.29 is 31.5 Å². The summed E-state index contributed by atoms with van der Waals surface area (Å²) in [6, 6.07) is 19.8. The van der Waals surface area contributed by atoms with E-state index in [0.717, 1.165) is 23.6 Å². The number of carbonyl (C=O) groups excluding carboxylic acids is 2. The lowest BCUT2D eigenvalue weighted by atomic mass is 10.0. The van der Waals surface area contributed by atoms with Gasteiger partial charge in [-0.3, -0.25) is 19.3 Å². The third-order valence-electron chi connectivity index (χ3n) is 7.68. The molecule has 3 amide bonds. The summed E-state index contributed by atoms with van der Waals surface area (Å²) in [6.45, 7) is 3.87. The second-order valence-electron chi connectivity index (χ2n) is 11.2. The monoisotopic (exact) mass is 664 g/mol. The molecule has 0 saturated carbocycles. The lowest BCUT2D eigenvalue weighted by molar-refractivity contribution is 0.0996. The Morgan fingerprint density at radius 2 is 1.68 bits per heavy atom. The number of rotatable bonds is 10. The standard InChI is InChI=1S/C33H34F2N6O5S/c1-21-22(8-13-31(37-21)46-26-11-9-23(10-12-26)39-47(2,44)45)20-40-16-14-25(15-17-40)41(24-6-4-3-5-7-24)33(43)38-30-18-27(32(36)42)28(34)19-29(30)35/h3-13,18-19,25,39H,14-17,20H2,1-2H3,(H2,36,42)(H,38,43). The maximum absolute atomic E-state index is 14.6. The van der Waals surface area contributed by atoms with Crippen molar-refractivity contribution in [1.82, 2.24) is 9.88 Å². The molecule has 5 rings (SSSR count). The van der Waals surface area contributed by atoms with Gasteiger partial charge in [0.25, 0.3) is 5.91 Å². The molecule has 2 heterocycles. The van der Waals surface area contributed by atoms with Gasteiger partial charge in [-0.1, -0.05) is 24.3 Å². The van der Waals surface area contributed by atoms with Gasteiger partial charge < -0.3 is 15.8 Å². The van der Waals surface area contributed by atoms with E-state index in [2.05, 4.69) is 19.9 Å². The minimum absolute atomic E-state index is 0.221. The van der Waals surface area contributed by atoms with Gasteiger partial charge >= 0.3 is 6.03 Å². The number of likely N-dealkylation sites (tertiary alicyclic amines) is 1. The molecule has 0 radical (unpaired) electrons. The van der Waals surface area contributed by atoms with Crippen molar-refractivity contribution in [3.8, 4) is 11.6 Å². The number of ether oxygens (including phenoxy) is 1. The van der Waals surface area contributed by atoms with Gasteiger partial charge in [0.05, 0.1) is 17.5 Å². The molecule has 246 valence electrons. The number of hydrogen-bond acceptors (Lipinski definition) is 7. The van der Waals surface area contributed by atoms with E-state index < -0.39 is 39.2 Å². The van der Waals surface area contributed by atoms with Crippen molar-refractivity contribution >= 4 is 39.0 Å². The summed E-state index contributed by atoms with van der Waals surface area (Å²) in [5.41, 5.74) is 7.18. The van der Waals surface area contributed by atoms with Gasteiger partial charge in [-0.25, -0.2) is 27.0 Å². The zero-order chi connectivity index (χ0) is 33.7. The van der Waals surface area contributed by atoms with Crippen LogP contribution < -0.4 is 25.4 Å². The van der Waals surface area contributed by atoms with Crippen molar-refractivity contribution in [3.63, 3.8) is 0 Å². The second-order valence-corrected chi connectivity index (χ2v) is 13.0. The number of aryl methyl sites for hydroxylation is 1. The van der Waals surface area contributed by atoms with Crippen molar-refractivity contribution in [2.24, 2.45) is 5.73 Å². The number of nitrogens with zero attached hydrogens (tertiary/aromatic N) is 3. The van der Waals surface area contributed by atoms with Gasteiger partial charge in [0.15, 0.2) is 0 Å². The quantitative estimate of drug-likeness (QED) is 0.199. The Kier molecular flexibility index (Phi) is 10.0. The number of primary amides is 1. The number of pyridine rings is 1. The first-order chi connectivity index (χ1) is 22.4. The number of aromatic nitrogens is 1. The fourth-order valence-electron chi connectivity index (χ4n) is 5.38. The summed E-state index contributed by atoms with van der Waals surface area (Å²) in [7, 11) is -3.38. The molecule has 0 aliphatic carbocycles. The van der Waals surface area contributed by atoms with E-state index in [-0.39, 0.29) is 11.7 Å². The highest BCUT2D eigenvalue weighted by Crippen LogP contribution is 2.28. The number of para-hydroxylation sites is 1. The molecular weight excluding hydrogens is 630 g/mol. The molecule has 4 N–H and O–H groups in total. The van der Waals surface area contributed by atoms with E-state index in [1.807, 2.05) is 19.1 Å². The molecule has 4 aromatic rings. The molecule has 1 aromatic heterocycles. The van der Waals surface area contributed by atoms with Gasteiger partial charge in [0.1, 0.15) is 17.4 Å². The highest BCUT2D eigenvalue weighted by molar-refractivity contribution is 7.92. The number of halogens is 2. The number of amides is 3. The number of benzene rings is 3. The zero-order valence-electron chi connectivity index (χ0n) is 25.7. The number of hydrogen-bond donors (Lipinski definition) is 3. The number of sulfonamides is 1. The molecule has 3 aromatic carbocycles. The number of nitrogens with one attached hydrogen (secondary N) is 2. The lowest BCUT2D eigenvalue weighted by Gasteiger charge is -2.38. The molecule has 0 bridgehead atoms. The Morgan fingerprint density at radius 3 is 2.30 bits per heavy atom. The highest BCUT2D eigenvalue weighted by Gasteiger charge is 2.30. The number of carbonyl (C=O) groups is 2. The molecule has 1 saturated heterocycles. The van der Waals surface area contributed by atoms with Crippen LogP contribution in [-0.2, 0) is 16.6 Å². The van der Waals surface area contributed by atoms with Crippen molar-refractivity contribution in [2.45, 2.75) is 32.4 Å². The fraction of sp³-hybridized carbons (Fsp3) is 0.242. The molecule has 0 atom stereocenters. The van der Waals surface area contributed by atoms with Crippen molar-refractivity contribution in [3.05, 3.63) is 107 Å². The predicted octanol–water partition coefficient (Wildman–Crippen LogP) is 5.63. The van der Waals surface area contributed by atoms with Crippen LogP contribution in [0.4, 0.5) is 30.6 Å². The second kappa shape index (κ2) is 14.1. The first-order valence-electron chi connectivity index (χ1n) is 14.7. The smallest absolute Gasteiger partial charge is 0.326 e. The van der Waals surface area contributed by atoms with Crippen LogP contribution in [0.25, 0.3) is 0 Å².